The van der Waals surface area contributed by atoms with E-state index in [1.807, 2.05) is 0 Å². The Morgan fingerprint density at radius 3 is 1.41 bits per heavy atom. The summed E-state index contributed by atoms with van der Waals surface area (Å²) >= 11 is 19.0. The van der Waals surface area contributed by atoms with E-state index in [1.165, 1.54) is 42.5 Å². The molecule has 5 rings (SSSR count). The Bertz CT molecular complexity index is 3660. The normalized spacial score (nSPS) is 13.7. The molecule has 0 saturated carbocycles. The van der Waals surface area contributed by atoms with Crippen LogP contribution in [0.3, 0.4) is 0 Å². The predicted molar refractivity (Wildman–Crippen MR) is 249 cm³/mol. The smallest absolute Gasteiger partial charge is 0.296 e. The van der Waals surface area contributed by atoms with Crippen LogP contribution in [0.15, 0.2) is 112 Å². The summed E-state index contributed by atoms with van der Waals surface area (Å²) in [6, 6.07) is 13.0. The molecule has 0 radical (unpaired) electrons. The molecule has 0 aliphatic rings. The molecule has 35 heteroatoms. The molecule has 5 aromatic rings. The van der Waals surface area contributed by atoms with E-state index in [-0.39, 0.29) is 104 Å². The van der Waals surface area contributed by atoms with E-state index in [0.29, 0.717) is 0 Å². The number of halogens is 3. The second kappa shape index (κ2) is 23.2. The van der Waals surface area contributed by atoms with Crippen LogP contribution >= 0.6 is 34.8 Å². The lowest BCUT2D eigenvalue weighted by Gasteiger charge is -2.11. The van der Waals surface area contributed by atoms with Crippen molar-refractivity contribution in [3.8, 4) is 11.5 Å². The molecular formula is C35H35Cl3N10O17S5. The summed E-state index contributed by atoms with van der Waals surface area (Å²) in [5.74, 6) is -2.52. The minimum absolute atomic E-state index is 0.0244. The molecule has 0 atom stereocenters. The first-order valence-corrected chi connectivity index (χ1v) is 27.8. The highest BCUT2D eigenvalue weighted by Gasteiger charge is 2.17. The van der Waals surface area contributed by atoms with Crippen LogP contribution in [-0.2, 0) is 50.6 Å². The Hall–Kier alpha value is -5.49. The fourth-order valence-electron chi connectivity index (χ4n) is 5.29. The third-order valence-electron chi connectivity index (χ3n) is 8.31. The number of nitrogens with zero attached hydrogens (tertiary/aromatic N) is 7. The van der Waals surface area contributed by atoms with Gasteiger partial charge >= 0.3 is 0 Å². The summed E-state index contributed by atoms with van der Waals surface area (Å²) < 4.78 is 174. The Morgan fingerprint density at radius 1 is 0.486 bits per heavy atom. The summed E-state index contributed by atoms with van der Waals surface area (Å²) in [4.78, 5) is 20.1. The SMILES string of the molecule is O=S(=O)(O)CCCOc1cc(N=Nc2cccc(S(=O)(=O)O)c2)c(Cl)cc1N=c1[nH]c(=NCCS(=O)(=O)O)[nH]c(=Nc2cc(Cl)c(N=Nc3ccc(Cl)c(S(=O)(=O)O)c3)cc2OCCCS(=O)(=O)O)[nH]1. The molecule has 0 aliphatic carbocycles. The van der Waals surface area contributed by atoms with Gasteiger partial charge in [-0.1, -0.05) is 40.9 Å². The summed E-state index contributed by atoms with van der Waals surface area (Å²) in [5, 5.41) is 15.4. The van der Waals surface area contributed by atoms with Crippen molar-refractivity contribution in [2.75, 3.05) is 37.0 Å². The van der Waals surface area contributed by atoms with Gasteiger partial charge in [-0.05, 0) is 61.4 Å². The van der Waals surface area contributed by atoms with Gasteiger partial charge in [-0.2, -0.15) is 52.3 Å². The topological polar surface area (TPSA) is 424 Å². The molecule has 0 spiro atoms. The molecule has 0 fully saturated rings. The number of azo groups is 2. The van der Waals surface area contributed by atoms with Crippen molar-refractivity contribution in [3.63, 3.8) is 0 Å². The summed E-state index contributed by atoms with van der Waals surface area (Å²) in [7, 11) is -22.7. The quantitative estimate of drug-likeness (QED) is 0.0254. The van der Waals surface area contributed by atoms with Crippen molar-refractivity contribution < 1.29 is 74.3 Å². The molecule has 0 bridgehead atoms. The monoisotopic (exact) mass is 1130 g/mol. The van der Waals surface area contributed by atoms with Gasteiger partial charge < -0.3 is 9.47 Å². The summed E-state index contributed by atoms with van der Waals surface area (Å²) in [6.07, 6.45) is -0.457. The molecule has 378 valence electrons. The number of hydrogen-bond donors (Lipinski definition) is 8. The third kappa shape index (κ3) is 18.0. The van der Waals surface area contributed by atoms with Crippen LogP contribution in [0, 0.1) is 0 Å². The molecule has 0 aliphatic heterocycles. The lowest BCUT2D eigenvalue weighted by atomic mass is 10.2. The van der Waals surface area contributed by atoms with Crippen molar-refractivity contribution >= 4 is 120 Å². The number of H-pyrrole nitrogens is 3. The average Bonchev–Trinajstić information content (AvgIpc) is 3.23. The number of nitrogens with one attached hydrogen (secondary N) is 3. The van der Waals surface area contributed by atoms with Gasteiger partial charge in [-0.15, -0.1) is 10.2 Å². The standard InChI is InChI=1S/C35H35Cl3N10O17S5/c36-23-7-6-21(15-32(23)70(61,62)63)46-48-27-19-31(65-10-3-12-67(52,53)54)29(17-25(27)38)41-35-43-33(39-8-13-68(55,56)57)42-34(44-35)40-28-16-24(37)26(18-30(28)64-9-2-11-66(49,50)51)47-45-20-4-1-5-22(14-20)69(58,59)60/h1,4-7,14-19H,2-3,8-13H2,(H,49,50,51)(H,52,53,54)(H,55,56,57)(H,58,59,60)(H,61,62,63)(H3,39,40,41,42,43,44). The molecular weight excluding hydrogens is 1100 g/mol. The van der Waals surface area contributed by atoms with E-state index < -0.39 is 84.2 Å². The minimum atomic E-state index is -4.76. The zero-order valence-electron chi connectivity index (χ0n) is 34.9. The van der Waals surface area contributed by atoms with Crippen LogP contribution in [0.1, 0.15) is 12.8 Å². The van der Waals surface area contributed by atoms with E-state index in [9.17, 15) is 64.9 Å². The van der Waals surface area contributed by atoms with Gasteiger partial charge in [0.25, 0.3) is 50.6 Å². The Kier molecular flexibility index (Phi) is 18.3. The van der Waals surface area contributed by atoms with Gasteiger partial charge in [0.1, 0.15) is 39.1 Å². The fraction of sp³-hybridized carbons (Fsp3) is 0.229. The average molecular weight is 1130 g/mol. The van der Waals surface area contributed by atoms with Crippen LogP contribution in [0.2, 0.25) is 15.1 Å². The number of aromatic nitrogens is 3. The van der Waals surface area contributed by atoms with Crippen LogP contribution < -0.4 is 26.3 Å². The maximum Gasteiger partial charge on any atom is 0.296 e. The largest absolute Gasteiger partial charge is 0.491 e. The van der Waals surface area contributed by atoms with Gasteiger partial charge in [0.15, 0.2) is 0 Å². The maximum absolute atomic E-state index is 11.8. The zero-order valence-corrected chi connectivity index (χ0v) is 41.3. The molecule has 8 N–H and O–H groups in total. The summed E-state index contributed by atoms with van der Waals surface area (Å²) in [5.41, 5.74) is -1.30. The second-order valence-corrected chi connectivity index (χ2v) is 22.5. The van der Waals surface area contributed by atoms with Crippen molar-refractivity contribution in [3.05, 3.63) is 98.7 Å². The van der Waals surface area contributed by atoms with Gasteiger partial charge in [-0.3, -0.25) is 42.7 Å². The van der Waals surface area contributed by atoms with Gasteiger partial charge in [0.05, 0.1) is 68.4 Å². The van der Waals surface area contributed by atoms with Gasteiger partial charge in [0.2, 0.25) is 16.9 Å². The van der Waals surface area contributed by atoms with E-state index >= 15 is 0 Å². The molecule has 0 amide bonds. The first kappa shape index (κ1) is 55.4. The first-order valence-electron chi connectivity index (χ1n) is 19.0. The molecule has 4 aromatic carbocycles. The van der Waals surface area contributed by atoms with Gasteiger partial charge in [0, 0.05) is 12.1 Å². The van der Waals surface area contributed by atoms with Crippen molar-refractivity contribution in [2.45, 2.75) is 22.6 Å². The number of rotatable bonds is 21. The molecule has 70 heavy (non-hydrogen) atoms. The number of ether oxygens (including phenoxy) is 2. The lowest BCUT2D eigenvalue weighted by molar-refractivity contribution is 0.317. The van der Waals surface area contributed by atoms with Crippen molar-refractivity contribution in [2.24, 2.45) is 35.4 Å². The highest BCUT2D eigenvalue weighted by molar-refractivity contribution is 7.86. The second-order valence-electron chi connectivity index (χ2n) is 13.8. The predicted octanol–water partition coefficient (Wildman–Crippen LogP) is 5.52. The lowest BCUT2D eigenvalue weighted by Crippen LogP contribution is -2.37. The number of hydrogen-bond acceptors (Lipinski definition) is 19. The molecule has 1 aromatic heterocycles. The maximum atomic E-state index is 11.8. The highest BCUT2D eigenvalue weighted by atomic mass is 35.5. The van der Waals surface area contributed by atoms with Crippen LogP contribution in [0.5, 0.6) is 11.5 Å². The van der Waals surface area contributed by atoms with Crippen LogP contribution in [0.4, 0.5) is 34.1 Å². The Morgan fingerprint density at radius 2 is 0.957 bits per heavy atom. The van der Waals surface area contributed by atoms with Crippen molar-refractivity contribution in [1.29, 1.82) is 0 Å². The van der Waals surface area contributed by atoms with E-state index in [0.717, 1.165) is 24.3 Å². The Balaban J connectivity index is 1.67. The molecule has 27 nitrogen and oxygen atoms in total. The van der Waals surface area contributed by atoms with Crippen LogP contribution in [0.25, 0.3) is 0 Å². The van der Waals surface area contributed by atoms with E-state index in [1.54, 1.807) is 0 Å². The summed E-state index contributed by atoms with van der Waals surface area (Å²) in [6.45, 7) is -1.20. The molecule has 1 heterocycles. The zero-order chi connectivity index (χ0) is 51.7. The van der Waals surface area contributed by atoms with Crippen LogP contribution in [-0.4, -0.2) is 117 Å². The first-order chi connectivity index (χ1) is 32.5. The van der Waals surface area contributed by atoms with E-state index in [2.05, 4.69) is 50.4 Å². The molecule has 0 saturated heterocycles. The molecule has 0 unspecified atom stereocenters. The number of benzene rings is 4. The minimum Gasteiger partial charge on any atom is -0.491 e. The highest BCUT2D eigenvalue weighted by Crippen LogP contribution is 2.40. The number of aromatic amines is 3. The van der Waals surface area contributed by atoms with Crippen molar-refractivity contribution in [1.82, 2.24) is 15.0 Å². The van der Waals surface area contributed by atoms with E-state index in [4.69, 9.17) is 44.3 Å². The Labute approximate surface area is 411 Å². The third-order valence-corrected chi connectivity index (χ3v) is 13.4. The van der Waals surface area contributed by atoms with Gasteiger partial charge in [-0.25, -0.2) is 9.98 Å². The fourth-order valence-corrected chi connectivity index (χ4v) is 8.48.